The molecule has 0 saturated heterocycles. The van der Waals surface area contributed by atoms with Gasteiger partial charge in [0.25, 0.3) is 0 Å². The zero-order valence-electron chi connectivity index (χ0n) is 29.7. The molecule has 0 saturated carbocycles. The molecule has 49 heavy (non-hydrogen) atoms. The molecule has 0 amide bonds. The van der Waals surface area contributed by atoms with E-state index in [2.05, 4.69) is 0 Å². The van der Waals surface area contributed by atoms with E-state index in [9.17, 15) is 0 Å². The Hall–Kier alpha value is -4.20. The van der Waals surface area contributed by atoms with Crippen molar-refractivity contribution in [3.63, 3.8) is 0 Å². The van der Waals surface area contributed by atoms with E-state index < -0.39 is 7.32 Å². The lowest BCUT2D eigenvalue weighted by molar-refractivity contribution is 0.108. The highest BCUT2D eigenvalue weighted by Crippen LogP contribution is 2.36. The predicted octanol–water partition coefficient (Wildman–Crippen LogP) is 6.65. The van der Waals surface area contributed by atoms with Crippen LogP contribution in [-0.2, 0) is 14.2 Å². The fourth-order valence-electron chi connectivity index (χ4n) is 4.32. The minimum Gasteiger partial charge on any atom is -0.490 e. The third-order valence-electron chi connectivity index (χ3n) is 6.41. The molecule has 0 spiro atoms. The molecular formula is C36H51BO12. The summed E-state index contributed by atoms with van der Waals surface area (Å²) in [6, 6.07) is 15.7. The van der Waals surface area contributed by atoms with E-state index >= 15 is 0 Å². The zero-order chi connectivity index (χ0) is 35.1. The summed E-state index contributed by atoms with van der Waals surface area (Å²) in [7, 11) is -1.25. The number of hydrogen-bond acceptors (Lipinski definition) is 12. The van der Waals surface area contributed by atoms with Crippen molar-refractivity contribution in [3.8, 4) is 51.7 Å². The molecule has 0 N–H and O–H groups in total. The van der Waals surface area contributed by atoms with Crippen molar-refractivity contribution in [2.75, 3.05) is 79.3 Å². The van der Waals surface area contributed by atoms with Gasteiger partial charge in [0.2, 0.25) is 0 Å². The van der Waals surface area contributed by atoms with Crippen LogP contribution in [0, 0.1) is 0 Å². The first-order valence-electron chi connectivity index (χ1n) is 17.0. The second-order valence-corrected chi connectivity index (χ2v) is 9.90. The Bertz CT molecular complexity index is 1180. The molecule has 0 radical (unpaired) electrons. The molecule has 12 nitrogen and oxygen atoms in total. The zero-order valence-corrected chi connectivity index (χ0v) is 29.7. The smallest absolute Gasteiger partial charge is 0.490 e. The number of hydrogen-bond donors (Lipinski definition) is 0. The van der Waals surface area contributed by atoms with Gasteiger partial charge < -0.3 is 56.6 Å². The van der Waals surface area contributed by atoms with E-state index in [1.807, 2.05) is 41.5 Å². The molecule has 0 unspecified atom stereocenters. The molecule has 0 aliphatic heterocycles. The van der Waals surface area contributed by atoms with Crippen LogP contribution in [0.1, 0.15) is 41.5 Å². The van der Waals surface area contributed by atoms with Gasteiger partial charge in [0, 0.05) is 38.0 Å². The minimum atomic E-state index is -1.25. The van der Waals surface area contributed by atoms with Crippen LogP contribution >= 0.6 is 0 Å². The van der Waals surface area contributed by atoms with Crippen molar-refractivity contribution in [1.82, 2.24) is 0 Å². The monoisotopic (exact) mass is 686 g/mol. The van der Waals surface area contributed by atoms with E-state index in [0.717, 1.165) is 0 Å². The van der Waals surface area contributed by atoms with Crippen LogP contribution in [-0.4, -0.2) is 86.6 Å². The highest BCUT2D eigenvalue weighted by atomic mass is 16.7. The molecule has 3 aromatic carbocycles. The first-order valence-corrected chi connectivity index (χ1v) is 17.0. The molecule has 0 heterocycles. The molecule has 3 rings (SSSR count). The van der Waals surface area contributed by atoms with Crippen LogP contribution in [0.3, 0.4) is 0 Å². The number of ether oxygens (including phenoxy) is 9. The average Bonchev–Trinajstić information content (AvgIpc) is 3.10. The minimum absolute atomic E-state index is 0.379. The molecular weight excluding hydrogens is 635 g/mol. The van der Waals surface area contributed by atoms with Crippen LogP contribution in [0.5, 0.6) is 51.7 Å². The summed E-state index contributed by atoms with van der Waals surface area (Å²) in [5.41, 5.74) is 0. The summed E-state index contributed by atoms with van der Waals surface area (Å²) in [6.45, 7) is 17.2. The molecule has 0 aliphatic carbocycles. The van der Waals surface area contributed by atoms with Crippen molar-refractivity contribution in [3.05, 3.63) is 54.6 Å². The van der Waals surface area contributed by atoms with Crippen molar-refractivity contribution in [2.24, 2.45) is 0 Å². The normalized spacial score (nSPS) is 10.7. The molecule has 3 aromatic rings. The summed E-state index contributed by atoms with van der Waals surface area (Å²) in [4.78, 5) is 0. The Labute approximate surface area is 290 Å². The maximum absolute atomic E-state index is 6.27. The Morgan fingerprint density at radius 3 is 0.918 bits per heavy atom. The Kier molecular flexibility index (Phi) is 18.6. The molecule has 0 fully saturated rings. The van der Waals surface area contributed by atoms with Crippen molar-refractivity contribution < 1.29 is 56.6 Å². The first-order chi connectivity index (χ1) is 24.0. The van der Waals surface area contributed by atoms with Gasteiger partial charge in [-0.2, -0.15) is 0 Å². The Morgan fingerprint density at radius 1 is 0.347 bits per heavy atom. The molecule has 0 bridgehead atoms. The van der Waals surface area contributed by atoms with Crippen LogP contribution in [0.2, 0.25) is 0 Å². The van der Waals surface area contributed by atoms with Crippen LogP contribution in [0.4, 0.5) is 0 Å². The van der Waals surface area contributed by atoms with Gasteiger partial charge in [-0.15, -0.1) is 0 Å². The van der Waals surface area contributed by atoms with Gasteiger partial charge in [0.05, 0.1) is 39.6 Å². The van der Waals surface area contributed by atoms with Gasteiger partial charge in [0.15, 0.2) is 34.5 Å². The van der Waals surface area contributed by atoms with Gasteiger partial charge in [-0.1, -0.05) is 0 Å². The summed E-state index contributed by atoms with van der Waals surface area (Å²) in [5, 5.41) is 0. The van der Waals surface area contributed by atoms with Crippen LogP contribution < -0.4 is 42.4 Å². The summed E-state index contributed by atoms with van der Waals surface area (Å²) in [6.07, 6.45) is 0. The van der Waals surface area contributed by atoms with E-state index in [1.165, 1.54) is 0 Å². The number of benzene rings is 3. The lowest BCUT2D eigenvalue weighted by Crippen LogP contribution is -2.37. The first kappa shape index (κ1) is 39.2. The van der Waals surface area contributed by atoms with Gasteiger partial charge in [0.1, 0.15) is 37.1 Å². The van der Waals surface area contributed by atoms with Gasteiger partial charge in [-0.25, -0.2) is 0 Å². The topological polar surface area (TPSA) is 111 Å². The predicted molar refractivity (Wildman–Crippen MR) is 186 cm³/mol. The quantitative estimate of drug-likeness (QED) is 0.0633. The van der Waals surface area contributed by atoms with E-state index in [1.54, 1.807) is 54.6 Å². The fraction of sp³-hybridized carbons (Fsp3) is 0.500. The Morgan fingerprint density at radius 2 is 0.653 bits per heavy atom. The summed E-state index contributed by atoms with van der Waals surface area (Å²) >= 11 is 0. The van der Waals surface area contributed by atoms with Crippen molar-refractivity contribution in [1.29, 1.82) is 0 Å². The largest absolute Gasteiger partial charge is 0.864 e. The second-order valence-electron chi connectivity index (χ2n) is 9.90. The van der Waals surface area contributed by atoms with Gasteiger partial charge >= 0.3 is 7.32 Å². The van der Waals surface area contributed by atoms with E-state index in [-0.39, 0.29) is 0 Å². The van der Waals surface area contributed by atoms with Gasteiger partial charge in [-0.05, 0) is 77.9 Å². The third-order valence-corrected chi connectivity index (χ3v) is 6.41. The Balaban J connectivity index is 1.89. The van der Waals surface area contributed by atoms with E-state index in [0.29, 0.717) is 131 Å². The lowest BCUT2D eigenvalue weighted by atomic mass is 10.1. The second kappa shape index (κ2) is 23.2. The molecule has 0 atom stereocenters. The maximum atomic E-state index is 6.27. The lowest BCUT2D eigenvalue weighted by Gasteiger charge is -2.20. The van der Waals surface area contributed by atoms with Crippen molar-refractivity contribution in [2.45, 2.75) is 41.5 Å². The van der Waals surface area contributed by atoms with Crippen LogP contribution in [0.25, 0.3) is 0 Å². The fourth-order valence-corrected chi connectivity index (χ4v) is 4.32. The highest BCUT2D eigenvalue weighted by molar-refractivity contribution is 6.39. The van der Waals surface area contributed by atoms with Crippen LogP contribution in [0.15, 0.2) is 54.6 Å². The van der Waals surface area contributed by atoms with E-state index in [4.69, 9.17) is 56.6 Å². The summed E-state index contributed by atoms with van der Waals surface area (Å²) < 4.78 is 70.2. The molecule has 0 aliphatic rings. The highest BCUT2D eigenvalue weighted by Gasteiger charge is 2.32. The third kappa shape index (κ3) is 14.1. The molecule has 270 valence electrons. The molecule has 0 aromatic heterocycles. The van der Waals surface area contributed by atoms with Crippen molar-refractivity contribution >= 4 is 7.32 Å². The maximum Gasteiger partial charge on any atom is 0.864 e. The van der Waals surface area contributed by atoms with Gasteiger partial charge in [-0.3, -0.25) is 0 Å². The SMILES string of the molecule is CCOCCOc1ccc(OB(Oc2ccc(OCCOCC)c(OCC)c2)Oc2ccc(OCCOCC)c(OCC)c2)cc1OCC. The standard InChI is InChI=1S/C36H51BO12/c1-7-38-19-22-44-31-16-13-28(25-34(31)41-10-4)47-37(48-29-14-17-32(35(26-29)42-11-5)45-23-20-39-8-2)49-30-15-18-33(36(27-30)43-12-6)46-24-21-40-9-3/h13-18,25-27H,7-12,19-24H2,1-6H3. The average molecular weight is 687 g/mol. The number of rotatable bonds is 27. The molecule has 13 heteroatoms. The summed E-state index contributed by atoms with van der Waals surface area (Å²) in [5.74, 6) is 4.49.